The Morgan fingerprint density at radius 2 is 1.86 bits per heavy atom. The number of phenols is 1. The molecule has 4 atom stereocenters. The Labute approximate surface area is 208 Å². The number of ketones is 2. The zero-order chi connectivity index (χ0) is 26.7. The highest BCUT2D eigenvalue weighted by Gasteiger charge is 2.64. The minimum absolute atomic E-state index is 0.0162. The standard InChI is InChI=1S/C26H33N3O7/c1-4-5-6-11-7-13(10-27)20(30)17-14(11)8-12-9-15-19(29(2)3)22(32)18(25(28)35)24(34)26(15,36)23(33)16(12)21(17)31/h7,12,15,19,30-31,34,36H,4-6,8-10,27H2,1-3H3,(H2,28,35)/t12-,15+,19+,26-/m1/s1. The van der Waals surface area contributed by atoms with E-state index >= 15 is 0 Å². The number of benzene rings is 1. The van der Waals surface area contributed by atoms with Gasteiger partial charge in [-0.05, 0) is 56.8 Å². The first-order chi connectivity index (χ1) is 16.9. The van der Waals surface area contributed by atoms with Crippen LogP contribution >= 0.6 is 0 Å². The molecule has 4 rings (SSSR count). The number of nitrogens with zero attached hydrogens (tertiary/aromatic N) is 1. The Balaban J connectivity index is 1.97. The molecule has 1 amide bonds. The minimum Gasteiger partial charge on any atom is -0.508 e. The van der Waals surface area contributed by atoms with Crippen molar-refractivity contribution < 1.29 is 34.8 Å². The molecular formula is C26H33N3O7. The summed E-state index contributed by atoms with van der Waals surface area (Å²) in [7, 11) is 3.14. The van der Waals surface area contributed by atoms with Crippen molar-refractivity contribution in [2.75, 3.05) is 14.1 Å². The quantitative estimate of drug-likeness (QED) is 0.307. The fraction of sp³-hybridized carbons (Fsp3) is 0.500. The monoisotopic (exact) mass is 499 g/mol. The Morgan fingerprint density at radius 3 is 2.42 bits per heavy atom. The SMILES string of the molecule is CCCCc1cc(CN)c(O)c2c1C[C@@H]1C[C@H]3[C@H](N(C)C)C(=O)C(C(N)=O)=C(O)[C@]3(O)C(=O)C1=C2O. The Hall–Kier alpha value is -3.21. The van der Waals surface area contributed by atoms with Crippen LogP contribution in [0.5, 0.6) is 5.75 Å². The predicted octanol–water partition coefficient (Wildman–Crippen LogP) is 0.765. The molecule has 0 spiro atoms. The molecule has 10 nitrogen and oxygen atoms in total. The van der Waals surface area contributed by atoms with Crippen LogP contribution in [-0.2, 0) is 33.8 Å². The van der Waals surface area contributed by atoms with Crippen LogP contribution < -0.4 is 11.5 Å². The van der Waals surface area contributed by atoms with Crippen LogP contribution in [0.3, 0.4) is 0 Å². The zero-order valence-electron chi connectivity index (χ0n) is 20.7. The van der Waals surface area contributed by atoms with E-state index in [1.165, 1.54) is 4.90 Å². The number of Topliss-reactive ketones (excluding diaryl/α,β-unsaturated/α-hetero) is 2. The molecule has 10 heteroatoms. The third-order valence-corrected chi connectivity index (χ3v) is 7.91. The molecule has 1 aromatic rings. The number of aromatic hydroxyl groups is 1. The molecular weight excluding hydrogens is 466 g/mol. The highest BCUT2D eigenvalue weighted by molar-refractivity contribution is 6.24. The summed E-state index contributed by atoms with van der Waals surface area (Å²) in [5, 5.41) is 44.8. The number of phenolic OH excluding ortho intramolecular Hbond substituents is 1. The second kappa shape index (κ2) is 9.02. The van der Waals surface area contributed by atoms with Gasteiger partial charge in [0.2, 0.25) is 5.78 Å². The van der Waals surface area contributed by atoms with Gasteiger partial charge in [0.1, 0.15) is 22.8 Å². The third-order valence-electron chi connectivity index (χ3n) is 7.91. The second-order valence-corrected chi connectivity index (χ2v) is 10.2. The lowest BCUT2D eigenvalue weighted by Crippen LogP contribution is -2.65. The molecule has 0 radical (unpaired) electrons. The number of primary amides is 1. The summed E-state index contributed by atoms with van der Waals surface area (Å²) in [6.45, 7) is 2.07. The van der Waals surface area contributed by atoms with Gasteiger partial charge in [0.05, 0.1) is 11.6 Å². The fourth-order valence-electron chi connectivity index (χ4n) is 6.20. The van der Waals surface area contributed by atoms with Crippen molar-refractivity contribution in [3.8, 4) is 5.75 Å². The molecule has 8 N–H and O–H groups in total. The predicted molar refractivity (Wildman–Crippen MR) is 131 cm³/mol. The van der Waals surface area contributed by atoms with E-state index in [4.69, 9.17) is 11.5 Å². The molecule has 0 aliphatic heterocycles. The van der Waals surface area contributed by atoms with Crippen molar-refractivity contribution in [3.63, 3.8) is 0 Å². The van der Waals surface area contributed by atoms with Gasteiger partial charge in [0.25, 0.3) is 5.91 Å². The van der Waals surface area contributed by atoms with Crippen LogP contribution in [0.4, 0.5) is 0 Å². The Morgan fingerprint density at radius 1 is 1.19 bits per heavy atom. The summed E-state index contributed by atoms with van der Waals surface area (Å²) in [5.41, 5.74) is 9.66. The Kier molecular flexibility index (Phi) is 6.48. The summed E-state index contributed by atoms with van der Waals surface area (Å²) in [6, 6.07) is 0.721. The van der Waals surface area contributed by atoms with E-state index in [9.17, 15) is 34.8 Å². The van der Waals surface area contributed by atoms with Crippen molar-refractivity contribution in [2.45, 2.75) is 57.2 Å². The Bertz CT molecular complexity index is 1230. The maximum absolute atomic E-state index is 13.9. The zero-order valence-corrected chi connectivity index (χ0v) is 20.7. The van der Waals surface area contributed by atoms with Crippen LogP contribution in [0.1, 0.15) is 48.4 Å². The van der Waals surface area contributed by atoms with Gasteiger partial charge in [-0.3, -0.25) is 19.3 Å². The number of aryl methyl sites for hydroxylation is 1. The summed E-state index contributed by atoms with van der Waals surface area (Å²) < 4.78 is 0. The normalized spacial score (nSPS) is 27.8. The first-order valence-corrected chi connectivity index (χ1v) is 12.1. The number of hydrogen-bond acceptors (Lipinski definition) is 9. The summed E-state index contributed by atoms with van der Waals surface area (Å²) in [6.07, 6.45) is 2.84. The van der Waals surface area contributed by atoms with Crippen LogP contribution in [0.2, 0.25) is 0 Å². The number of unbranched alkanes of at least 4 members (excludes halogenated alkanes) is 1. The molecule has 1 saturated carbocycles. The average molecular weight is 500 g/mol. The molecule has 0 aromatic heterocycles. The van der Waals surface area contributed by atoms with Gasteiger partial charge in [-0.2, -0.15) is 0 Å². The van der Waals surface area contributed by atoms with Crippen LogP contribution in [0.25, 0.3) is 5.76 Å². The van der Waals surface area contributed by atoms with E-state index < -0.39 is 58.0 Å². The lowest BCUT2D eigenvalue weighted by molar-refractivity contribution is -0.153. The van der Waals surface area contributed by atoms with Crippen molar-refractivity contribution in [2.24, 2.45) is 23.3 Å². The first-order valence-electron chi connectivity index (χ1n) is 12.1. The minimum atomic E-state index is -2.64. The van der Waals surface area contributed by atoms with Crippen molar-refractivity contribution in [3.05, 3.63) is 45.2 Å². The van der Waals surface area contributed by atoms with Gasteiger partial charge >= 0.3 is 0 Å². The molecule has 1 aromatic carbocycles. The number of carbonyl (C=O) groups is 3. The number of likely N-dealkylation sites (N-methyl/N-ethyl adjacent to an activating group) is 1. The van der Waals surface area contributed by atoms with Gasteiger partial charge < -0.3 is 31.9 Å². The molecule has 36 heavy (non-hydrogen) atoms. The molecule has 0 unspecified atom stereocenters. The maximum Gasteiger partial charge on any atom is 0.255 e. The molecule has 194 valence electrons. The number of aliphatic hydroxyl groups excluding tert-OH is 2. The third kappa shape index (κ3) is 3.47. The van der Waals surface area contributed by atoms with Crippen molar-refractivity contribution >= 4 is 23.2 Å². The molecule has 0 bridgehead atoms. The summed E-state index contributed by atoms with van der Waals surface area (Å²) in [4.78, 5) is 40.5. The van der Waals surface area contributed by atoms with Gasteiger partial charge in [-0.1, -0.05) is 19.4 Å². The maximum atomic E-state index is 13.9. The number of fused-ring (bicyclic) bond motifs is 3. The van der Waals surface area contributed by atoms with Gasteiger partial charge in [-0.15, -0.1) is 0 Å². The molecule has 0 saturated heterocycles. The smallest absolute Gasteiger partial charge is 0.255 e. The summed E-state index contributed by atoms with van der Waals surface area (Å²) in [5.74, 6) is -6.54. The highest BCUT2D eigenvalue weighted by atomic mass is 16.3. The van der Waals surface area contributed by atoms with Gasteiger partial charge in [0, 0.05) is 23.6 Å². The molecule has 1 fully saturated rings. The lowest BCUT2D eigenvalue weighted by atomic mass is 9.57. The van der Waals surface area contributed by atoms with Crippen LogP contribution in [0.15, 0.2) is 23.0 Å². The lowest BCUT2D eigenvalue weighted by Gasteiger charge is -2.50. The number of rotatable bonds is 6. The molecule has 3 aliphatic rings. The number of nitrogens with two attached hydrogens (primary N) is 2. The number of aliphatic hydroxyl groups is 3. The van der Waals surface area contributed by atoms with Gasteiger partial charge in [-0.25, -0.2) is 0 Å². The number of carbonyl (C=O) groups excluding carboxylic acids is 3. The largest absolute Gasteiger partial charge is 0.508 e. The van der Waals surface area contributed by atoms with Crippen molar-refractivity contribution in [1.29, 1.82) is 0 Å². The van der Waals surface area contributed by atoms with Crippen LogP contribution in [0, 0.1) is 11.8 Å². The first kappa shape index (κ1) is 25.9. The number of amides is 1. The van der Waals surface area contributed by atoms with Gasteiger partial charge in [0.15, 0.2) is 11.4 Å². The summed E-state index contributed by atoms with van der Waals surface area (Å²) >= 11 is 0. The van der Waals surface area contributed by atoms with E-state index in [-0.39, 0.29) is 36.3 Å². The van der Waals surface area contributed by atoms with E-state index in [1.807, 2.05) is 6.07 Å². The second-order valence-electron chi connectivity index (χ2n) is 10.2. The van der Waals surface area contributed by atoms with Crippen LogP contribution in [-0.4, -0.2) is 68.5 Å². The van der Waals surface area contributed by atoms with E-state index in [2.05, 4.69) is 6.92 Å². The number of hydrogen-bond donors (Lipinski definition) is 6. The van der Waals surface area contributed by atoms with Crippen molar-refractivity contribution in [1.82, 2.24) is 4.90 Å². The van der Waals surface area contributed by atoms with E-state index in [0.717, 1.165) is 18.4 Å². The average Bonchev–Trinajstić information content (AvgIpc) is 2.80. The molecule has 3 aliphatic carbocycles. The van der Waals surface area contributed by atoms with E-state index in [1.54, 1.807) is 14.1 Å². The fourth-order valence-corrected chi connectivity index (χ4v) is 6.20. The molecule has 0 heterocycles. The van der Waals surface area contributed by atoms with E-state index in [0.29, 0.717) is 17.5 Å². The highest BCUT2D eigenvalue weighted by Crippen LogP contribution is 2.53. The topological polar surface area (TPSA) is 187 Å².